The molecule has 0 spiro atoms. The molecule has 1 fully saturated rings. The molecule has 2 N–H and O–H groups in total. The first-order chi connectivity index (χ1) is 12.5. The van der Waals surface area contributed by atoms with E-state index < -0.39 is 11.3 Å². The van der Waals surface area contributed by atoms with Crippen LogP contribution in [0.4, 0.5) is 10.5 Å². The molecule has 1 heterocycles. The normalized spacial score (nSPS) is 16.8. The van der Waals surface area contributed by atoms with Crippen LogP contribution in [0.15, 0.2) is 54.6 Å². The van der Waals surface area contributed by atoms with E-state index in [4.69, 9.17) is 5.73 Å². The summed E-state index contributed by atoms with van der Waals surface area (Å²) in [5.74, 6) is -0.904. The third-order valence-electron chi connectivity index (χ3n) is 4.07. The highest BCUT2D eigenvalue weighted by Gasteiger charge is 2.43. The molecule has 2 aromatic carbocycles. The van der Waals surface area contributed by atoms with Crippen molar-refractivity contribution >= 4 is 34.5 Å². The van der Waals surface area contributed by atoms with Gasteiger partial charge in [-0.15, -0.1) is 0 Å². The highest BCUT2D eigenvalue weighted by Crippen LogP contribution is 2.33. The second-order valence-corrected chi connectivity index (χ2v) is 7.11. The molecule has 0 unspecified atom stereocenters. The number of rotatable bonds is 6. The van der Waals surface area contributed by atoms with Gasteiger partial charge in [0.05, 0.1) is 13.1 Å². The molecule has 134 valence electrons. The summed E-state index contributed by atoms with van der Waals surface area (Å²) in [6.45, 7) is 2.02. The van der Waals surface area contributed by atoms with Crippen molar-refractivity contribution in [1.29, 1.82) is 0 Å². The topological polar surface area (TPSA) is 83.7 Å². The summed E-state index contributed by atoms with van der Waals surface area (Å²) in [5, 5.41) is -1.13. The van der Waals surface area contributed by atoms with Crippen LogP contribution in [0.2, 0.25) is 0 Å². The number of carbonyl (C=O) groups is 3. The zero-order valence-electron chi connectivity index (χ0n) is 14.3. The molecule has 0 aliphatic carbocycles. The number of imide groups is 1. The van der Waals surface area contributed by atoms with Gasteiger partial charge in [-0.3, -0.25) is 19.3 Å². The van der Waals surface area contributed by atoms with Gasteiger partial charge in [-0.05, 0) is 36.4 Å². The predicted molar refractivity (Wildman–Crippen MR) is 101 cm³/mol. The van der Waals surface area contributed by atoms with Gasteiger partial charge in [0.25, 0.3) is 11.1 Å². The van der Waals surface area contributed by atoms with E-state index in [0.29, 0.717) is 5.69 Å². The Morgan fingerprint density at radius 2 is 1.77 bits per heavy atom. The van der Waals surface area contributed by atoms with Crippen molar-refractivity contribution in [2.24, 2.45) is 5.73 Å². The summed E-state index contributed by atoms with van der Waals surface area (Å²) in [5.41, 5.74) is 7.97. The van der Waals surface area contributed by atoms with Crippen LogP contribution in [0.25, 0.3) is 0 Å². The zero-order chi connectivity index (χ0) is 18.7. The number of amides is 3. The second-order valence-electron chi connectivity index (χ2n) is 6.08. The Hall–Kier alpha value is -2.80. The van der Waals surface area contributed by atoms with Gasteiger partial charge in [-0.2, -0.15) is 0 Å². The molecule has 1 saturated heterocycles. The summed E-state index contributed by atoms with van der Waals surface area (Å²) >= 11 is 0.906. The maximum absolute atomic E-state index is 12.9. The molecular formula is C19H19N3O3S. The lowest BCUT2D eigenvalue weighted by molar-refractivity contribution is -0.127. The largest absolute Gasteiger partial charge is 0.368 e. The fraction of sp³-hybridized carbons (Fsp3) is 0.211. The second kappa shape index (κ2) is 7.61. The Labute approximate surface area is 156 Å². The molecule has 3 rings (SSSR count). The number of aryl methyl sites for hydroxylation is 1. The van der Waals surface area contributed by atoms with Crippen LogP contribution in [-0.2, 0) is 16.1 Å². The van der Waals surface area contributed by atoms with Crippen LogP contribution < -0.4 is 10.6 Å². The molecular weight excluding hydrogens is 350 g/mol. The van der Waals surface area contributed by atoms with E-state index in [-0.39, 0.29) is 24.2 Å². The summed E-state index contributed by atoms with van der Waals surface area (Å²) < 4.78 is 0. The Morgan fingerprint density at radius 3 is 2.38 bits per heavy atom. The Bertz CT molecular complexity index is 824. The fourth-order valence-electron chi connectivity index (χ4n) is 2.75. The molecule has 2 aromatic rings. The number of anilines is 1. The molecule has 0 aromatic heterocycles. The highest BCUT2D eigenvalue weighted by atomic mass is 32.2. The summed E-state index contributed by atoms with van der Waals surface area (Å²) in [7, 11) is 0. The van der Waals surface area contributed by atoms with E-state index in [1.807, 2.05) is 61.5 Å². The maximum atomic E-state index is 12.9. The number of carbonyl (C=O) groups excluding carboxylic acids is 3. The number of primary amides is 1. The number of nitrogens with zero attached hydrogens (tertiary/aromatic N) is 2. The molecule has 0 saturated carbocycles. The van der Waals surface area contributed by atoms with Gasteiger partial charge in [0.1, 0.15) is 0 Å². The third kappa shape index (κ3) is 3.88. The molecule has 7 heteroatoms. The van der Waals surface area contributed by atoms with Gasteiger partial charge in [0, 0.05) is 5.69 Å². The summed E-state index contributed by atoms with van der Waals surface area (Å²) in [6.07, 6.45) is 0. The van der Waals surface area contributed by atoms with Crippen LogP contribution in [0.1, 0.15) is 11.1 Å². The first kappa shape index (κ1) is 18.0. The van der Waals surface area contributed by atoms with Crippen molar-refractivity contribution in [3.63, 3.8) is 0 Å². The van der Waals surface area contributed by atoms with E-state index in [2.05, 4.69) is 0 Å². The van der Waals surface area contributed by atoms with Gasteiger partial charge in [0.2, 0.25) is 5.91 Å². The van der Waals surface area contributed by atoms with Crippen LogP contribution in [-0.4, -0.2) is 33.9 Å². The van der Waals surface area contributed by atoms with Gasteiger partial charge < -0.3 is 10.6 Å². The third-order valence-corrected chi connectivity index (χ3v) is 5.17. The number of hydrogen-bond donors (Lipinski definition) is 1. The molecule has 3 amide bonds. The van der Waals surface area contributed by atoms with Crippen molar-refractivity contribution in [2.75, 3.05) is 11.4 Å². The zero-order valence-corrected chi connectivity index (χ0v) is 15.1. The molecule has 1 atom stereocenters. The van der Waals surface area contributed by atoms with E-state index >= 15 is 0 Å². The van der Waals surface area contributed by atoms with Crippen molar-refractivity contribution in [1.82, 2.24) is 4.90 Å². The monoisotopic (exact) mass is 369 g/mol. The van der Waals surface area contributed by atoms with Crippen molar-refractivity contribution in [3.05, 3.63) is 65.7 Å². The highest BCUT2D eigenvalue weighted by molar-refractivity contribution is 8.15. The molecule has 1 aliphatic heterocycles. The molecule has 26 heavy (non-hydrogen) atoms. The van der Waals surface area contributed by atoms with Gasteiger partial charge in [-0.25, -0.2) is 0 Å². The first-order valence-electron chi connectivity index (χ1n) is 8.13. The summed E-state index contributed by atoms with van der Waals surface area (Å²) in [6, 6.07) is 16.7. The first-order valence-corrected chi connectivity index (χ1v) is 9.01. The SMILES string of the molecule is Cc1ccc(N(CC(N)=O)[C@@H]2SC(=O)N(Cc3ccccc3)C2=O)cc1. The van der Waals surface area contributed by atoms with E-state index in [1.165, 1.54) is 4.90 Å². The van der Waals surface area contributed by atoms with Crippen LogP contribution >= 0.6 is 11.8 Å². The van der Waals surface area contributed by atoms with Gasteiger partial charge in [0.15, 0.2) is 5.37 Å². The molecule has 0 radical (unpaired) electrons. The number of benzene rings is 2. The van der Waals surface area contributed by atoms with Gasteiger partial charge >= 0.3 is 0 Å². The number of hydrogen-bond acceptors (Lipinski definition) is 5. The lowest BCUT2D eigenvalue weighted by Crippen LogP contribution is -2.45. The van der Waals surface area contributed by atoms with Crippen molar-refractivity contribution in [3.8, 4) is 0 Å². The number of thioether (sulfide) groups is 1. The Kier molecular flexibility index (Phi) is 5.27. The molecule has 6 nitrogen and oxygen atoms in total. The predicted octanol–water partition coefficient (Wildman–Crippen LogP) is 2.51. The minimum absolute atomic E-state index is 0.140. The van der Waals surface area contributed by atoms with Crippen molar-refractivity contribution in [2.45, 2.75) is 18.8 Å². The lowest BCUT2D eigenvalue weighted by atomic mass is 10.2. The van der Waals surface area contributed by atoms with E-state index in [9.17, 15) is 14.4 Å². The van der Waals surface area contributed by atoms with E-state index in [1.54, 1.807) is 4.90 Å². The molecule has 1 aliphatic rings. The van der Waals surface area contributed by atoms with E-state index in [0.717, 1.165) is 22.9 Å². The maximum Gasteiger partial charge on any atom is 0.291 e. The standard InChI is InChI=1S/C19H19N3O3S/c1-13-7-9-15(10-8-13)21(12-16(20)23)18-17(24)22(19(25)26-18)11-14-5-3-2-4-6-14/h2-10,18H,11-12H2,1H3,(H2,20,23)/t18-/m1/s1. The average molecular weight is 369 g/mol. The Morgan fingerprint density at radius 1 is 1.12 bits per heavy atom. The number of nitrogens with two attached hydrogens (primary N) is 1. The van der Waals surface area contributed by atoms with Crippen LogP contribution in [0, 0.1) is 6.92 Å². The minimum atomic E-state index is -0.804. The van der Waals surface area contributed by atoms with Crippen LogP contribution in [0.5, 0.6) is 0 Å². The fourth-order valence-corrected chi connectivity index (χ4v) is 3.78. The molecule has 0 bridgehead atoms. The smallest absolute Gasteiger partial charge is 0.291 e. The summed E-state index contributed by atoms with van der Waals surface area (Å²) in [4.78, 5) is 39.6. The van der Waals surface area contributed by atoms with Gasteiger partial charge in [-0.1, -0.05) is 48.0 Å². The quantitative estimate of drug-likeness (QED) is 0.846. The lowest BCUT2D eigenvalue weighted by Gasteiger charge is -2.27. The van der Waals surface area contributed by atoms with Crippen molar-refractivity contribution < 1.29 is 14.4 Å². The van der Waals surface area contributed by atoms with Crippen LogP contribution in [0.3, 0.4) is 0 Å². The minimum Gasteiger partial charge on any atom is -0.368 e. The Balaban J connectivity index is 1.85. The average Bonchev–Trinajstić information content (AvgIpc) is 2.89.